The third-order valence-corrected chi connectivity index (χ3v) is 4.18. The lowest BCUT2D eigenvalue weighted by atomic mass is 9.89. The molecule has 1 atom stereocenters. The molecule has 2 rings (SSSR count). The molecular formula is C21H25N3O2. The summed E-state index contributed by atoms with van der Waals surface area (Å²) in [5, 5.41) is 2.80. The van der Waals surface area contributed by atoms with Crippen LogP contribution in [0.15, 0.2) is 59.6 Å². The van der Waals surface area contributed by atoms with Crippen LogP contribution in [0.2, 0.25) is 0 Å². The van der Waals surface area contributed by atoms with E-state index in [1.807, 2.05) is 42.5 Å². The number of carbonyl (C=O) groups is 2. The van der Waals surface area contributed by atoms with Gasteiger partial charge in [0.25, 0.3) is 0 Å². The Bertz CT molecular complexity index is 753. The highest BCUT2D eigenvalue weighted by atomic mass is 16.2. The molecule has 0 heterocycles. The summed E-state index contributed by atoms with van der Waals surface area (Å²) in [7, 11) is 0. The topological polar surface area (TPSA) is 84.6 Å². The van der Waals surface area contributed by atoms with E-state index in [1.165, 1.54) is 5.56 Å². The summed E-state index contributed by atoms with van der Waals surface area (Å²) in [5.41, 5.74) is 7.90. The van der Waals surface area contributed by atoms with Crippen molar-refractivity contribution in [1.82, 2.24) is 5.32 Å². The molecule has 3 N–H and O–H groups in total. The van der Waals surface area contributed by atoms with Gasteiger partial charge in [0.05, 0.1) is 0 Å². The maximum Gasteiger partial charge on any atom is 0.340 e. The molecule has 0 saturated heterocycles. The third kappa shape index (κ3) is 5.84. The van der Waals surface area contributed by atoms with E-state index < -0.39 is 5.91 Å². The SMILES string of the molecule is CC(C)C(C=NC(=O)NCCc1ccccc1)c1ccc(C(N)=O)cc1. The van der Waals surface area contributed by atoms with Gasteiger partial charge in [-0.2, -0.15) is 0 Å². The molecule has 2 aromatic rings. The largest absolute Gasteiger partial charge is 0.366 e. The molecule has 136 valence electrons. The second-order valence-electron chi connectivity index (χ2n) is 6.50. The zero-order chi connectivity index (χ0) is 18.9. The van der Waals surface area contributed by atoms with Crippen molar-refractivity contribution in [3.05, 3.63) is 71.3 Å². The number of nitrogens with one attached hydrogen (secondary N) is 1. The number of amides is 3. The molecule has 5 nitrogen and oxygen atoms in total. The molecular weight excluding hydrogens is 326 g/mol. The molecule has 1 unspecified atom stereocenters. The molecule has 0 saturated carbocycles. The van der Waals surface area contributed by atoms with Crippen LogP contribution in [0, 0.1) is 5.92 Å². The van der Waals surface area contributed by atoms with E-state index >= 15 is 0 Å². The van der Waals surface area contributed by atoms with Crippen LogP contribution in [0.4, 0.5) is 4.79 Å². The van der Waals surface area contributed by atoms with Gasteiger partial charge < -0.3 is 11.1 Å². The van der Waals surface area contributed by atoms with Gasteiger partial charge in [-0.15, -0.1) is 0 Å². The first-order chi connectivity index (χ1) is 12.5. The Balaban J connectivity index is 1.93. The monoisotopic (exact) mass is 351 g/mol. The number of aliphatic imine (C=N–C) groups is 1. The standard InChI is InChI=1S/C21H25N3O2/c1-15(2)19(17-8-10-18(11-9-17)20(22)25)14-24-21(26)23-13-12-16-6-4-3-5-7-16/h3-11,14-15,19H,12-13H2,1-2H3,(H2,22,25)(H,23,26). The second kappa shape index (κ2) is 9.51. The number of benzene rings is 2. The highest BCUT2D eigenvalue weighted by molar-refractivity contribution is 5.93. The van der Waals surface area contributed by atoms with Crippen LogP contribution in [0.1, 0.15) is 41.3 Å². The van der Waals surface area contributed by atoms with Gasteiger partial charge in [0.1, 0.15) is 0 Å². The molecule has 26 heavy (non-hydrogen) atoms. The molecule has 0 aliphatic carbocycles. The Kier molecular flexibility index (Phi) is 7.09. The number of primary amides is 1. The minimum absolute atomic E-state index is 0.0169. The van der Waals surface area contributed by atoms with Crippen molar-refractivity contribution in [3.8, 4) is 0 Å². The van der Waals surface area contributed by atoms with Crippen LogP contribution < -0.4 is 11.1 Å². The summed E-state index contributed by atoms with van der Waals surface area (Å²) < 4.78 is 0. The minimum Gasteiger partial charge on any atom is -0.366 e. The summed E-state index contributed by atoms with van der Waals surface area (Å²) in [4.78, 5) is 27.2. The first-order valence-electron chi connectivity index (χ1n) is 8.73. The molecule has 0 radical (unpaired) electrons. The van der Waals surface area contributed by atoms with E-state index in [0.29, 0.717) is 12.1 Å². The quantitative estimate of drug-likeness (QED) is 0.748. The lowest BCUT2D eigenvalue weighted by molar-refractivity contribution is 0.1000. The number of hydrogen-bond acceptors (Lipinski definition) is 2. The fraction of sp³-hybridized carbons (Fsp3) is 0.286. The number of urea groups is 1. The van der Waals surface area contributed by atoms with Gasteiger partial charge in [-0.1, -0.05) is 56.3 Å². The van der Waals surface area contributed by atoms with Crippen LogP contribution in [0.3, 0.4) is 0 Å². The van der Waals surface area contributed by atoms with Crippen molar-refractivity contribution < 1.29 is 9.59 Å². The van der Waals surface area contributed by atoms with E-state index in [0.717, 1.165) is 12.0 Å². The molecule has 2 aromatic carbocycles. The van der Waals surface area contributed by atoms with E-state index in [4.69, 9.17) is 5.73 Å². The maximum absolute atomic E-state index is 12.0. The second-order valence-corrected chi connectivity index (χ2v) is 6.50. The average molecular weight is 351 g/mol. The van der Waals surface area contributed by atoms with Crippen molar-refractivity contribution in [1.29, 1.82) is 0 Å². The lowest BCUT2D eigenvalue weighted by Crippen LogP contribution is -2.23. The van der Waals surface area contributed by atoms with Crippen LogP contribution in [-0.2, 0) is 6.42 Å². The van der Waals surface area contributed by atoms with Gasteiger partial charge >= 0.3 is 6.03 Å². The Hall–Kier alpha value is -2.95. The summed E-state index contributed by atoms with van der Waals surface area (Å²) in [5.74, 6) is -0.212. The lowest BCUT2D eigenvalue weighted by Gasteiger charge is -2.16. The predicted octanol–water partition coefficient (Wildman–Crippen LogP) is 3.55. The summed E-state index contributed by atoms with van der Waals surface area (Å²) >= 11 is 0. The van der Waals surface area contributed by atoms with Crippen LogP contribution >= 0.6 is 0 Å². The molecule has 0 aliphatic rings. The first kappa shape index (κ1) is 19.4. The van der Waals surface area contributed by atoms with E-state index in [9.17, 15) is 9.59 Å². The van der Waals surface area contributed by atoms with Crippen molar-refractivity contribution in [2.45, 2.75) is 26.2 Å². The molecule has 0 spiro atoms. The fourth-order valence-corrected chi connectivity index (χ4v) is 2.66. The van der Waals surface area contributed by atoms with Crippen molar-refractivity contribution in [2.24, 2.45) is 16.6 Å². The van der Waals surface area contributed by atoms with Gasteiger partial charge in [-0.25, -0.2) is 9.79 Å². The smallest absolute Gasteiger partial charge is 0.340 e. The Morgan fingerprint density at radius 3 is 2.31 bits per heavy atom. The van der Waals surface area contributed by atoms with Crippen molar-refractivity contribution >= 4 is 18.2 Å². The van der Waals surface area contributed by atoms with Crippen LogP contribution in [0.5, 0.6) is 0 Å². The molecule has 0 aromatic heterocycles. The zero-order valence-corrected chi connectivity index (χ0v) is 15.2. The predicted molar refractivity (Wildman–Crippen MR) is 105 cm³/mol. The van der Waals surface area contributed by atoms with E-state index in [2.05, 4.69) is 24.2 Å². The highest BCUT2D eigenvalue weighted by Crippen LogP contribution is 2.23. The van der Waals surface area contributed by atoms with E-state index in [1.54, 1.807) is 18.3 Å². The Morgan fingerprint density at radius 1 is 1.08 bits per heavy atom. The molecule has 0 bridgehead atoms. The average Bonchev–Trinajstić information content (AvgIpc) is 2.63. The first-order valence-corrected chi connectivity index (χ1v) is 8.73. The number of rotatable bonds is 7. The molecule has 0 fully saturated rings. The van der Waals surface area contributed by atoms with Crippen molar-refractivity contribution in [2.75, 3.05) is 6.54 Å². The third-order valence-electron chi connectivity index (χ3n) is 4.18. The zero-order valence-electron chi connectivity index (χ0n) is 15.2. The summed E-state index contributed by atoms with van der Waals surface area (Å²) in [6.45, 7) is 4.66. The van der Waals surface area contributed by atoms with Gasteiger partial charge in [-0.3, -0.25) is 4.79 Å². The minimum atomic E-state index is -0.455. The summed E-state index contributed by atoms with van der Waals surface area (Å²) in [6, 6.07) is 16.7. The molecule has 3 amide bonds. The number of carbonyl (C=O) groups excluding carboxylic acids is 2. The summed E-state index contributed by atoms with van der Waals surface area (Å²) in [6.07, 6.45) is 2.44. The van der Waals surface area contributed by atoms with Gasteiger partial charge in [0, 0.05) is 24.2 Å². The molecule has 5 heteroatoms. The number of nitrogens with two attached hydrogens (primary N) is 1. The highest BCUT2D eigenvalue weighted by Gasteiger charge is 2.14. The number of hydrogen-bond donors (Lipinski definition) is 2. The van der Waals surface area contributed by atoms with Crippen LogP contribution in [-0.4, -0.2) is 24.7 Å². The van der Waals surface area contributed by atoms with Crippen molar-refractivity contribution in [3.63, 3.8) is 0 Å². The Morgan fingerprint density at radius 2 is 1.73 bits per heavy atom. The van der Waals surface area contributed by atoms with Gasteiger partial charge in [0.2, 0.25) is 5.91 Å². The number of nitrogens with zero attached hydrogens (tertiary/aromatic N) is 1. The normalized spacial score (nSPS) is 12.3. The maximum atomic E-state index is 12.0. The Labute approximate surface area is 154 Å². The molecule has 0 aliphatic heterocycles. The fourth-order valence-electron chi connectivity index (χ4n) is 2.66. The van der Waals surface area contributed by atoms with Gasteiger partial charge in [0.15, 0.2) is 0 Å². The van der Waals surface area contributed by atoms with Crippen LogP contribution in [0.25, 0.3) is 0 Å². The van der Waals surface area contributed by atoms with E-state index in [-0.39, 0.29) is 17.9 Å². The van der Waals surface area contributed by atoms with Gasteiger partial charge in [-0.05, 0) is 35.6 Å².